The molecular formula is C10H14N2O2S2. The van der Waals surface area contributed by atoms with Crippen LogP contribution < -0.4 is 5.32 Å². The van der Waals surface area contributed by atoms with E-state index in [1.807, 2.05) is 18.4 Å². The Hall–Kier alpha value is -0.750. The molecule has 0 aromatic carbocycles. The highest BCUT2D eigenvalue weighted by atomic mass is 33.1. The molecule has 0 saturated heterocycles. The van der Waals surface area contributed by atoms with Crippen molar-refractivity contribution in [3.05, 3.63) is 29.3 Å². The Balaban J connectivity index is 2.07. The zero-order valence-corrected chi connectivity index (χ0v) is 10.6. The van der Waals surface area contributed by atoms with Gasteiger partial charge in [0, 0.05) is 16.8 Å². The summed E-state index contributed by atoms with van der Waals surface area (Å²) in [6.07, 6.45) is 8.60. The number of nitrogens with zero attached hydrogens (tertiary/aromatic N) is 1. The largest absolute Gasteiger partial charge is 0.375 e. The van der Waals surface area contributed by atoms with Crippen LogP contribution in [-0.2, 0) is 4.79 Å². The van der Waals surface area contributed by atoms with Crippen molar-refractivity contribution in [3.8, 4) is 0 Å². The van der Waals surface area contributed by atoms with Gasteiger partial charge in [-0.05, 0) is 18.7 Å². The molecule has 0 aliphatic carbocycles. The summed E-state index contributed by atoms with van der Waals surface area (Å²) >= 11 is 0. The molecule has 2 atom stereocenters. The monoisotopic (exact) mass is 258 g/mol. The van der Waals surface area contributed by atoms with Crippen LogP contribution in [-0.4, -0.2) is 17.0 Å². The van der Waals surface area contributed by atoms with Gasteiger partial charge in [-0.25, -0.2) is 0 Å². The zero-order valence-electron chi connectivity index (χ0n) is 8.96. The van der Waals surface area contributed by atoms with Gasteiger partial charge in [0.15, 0.2) is 0 Å². The highest BCUT2D eigenvalue weighted by Gasteiger charge is 2.13. The minimum absolute atomic E-state index is 0.264. The second kappa shape index (κ2) is 7.51. The molecule has 1 aliphatic rings. The average Bonchev–Trinajstić information content (AvgIpc) is 2.34. The lowest BCUT2D eigenvalue weighted by molar-refractivity contribution is -0.121. The van der Waals surface area contributed by atoms with Gasteiger partial charge in [0.05, 0.1) is 0 Å². The molecule has 0 fully saturated rings. The topological polar surface area (TPSA) is 58.5 Å². The number of amides is 1. The highest BCUT2D eigenvalue weighted by molar-refractivity contribution is 8.77. The summed E-state index contributed by atoms with van der Waals surface area (Å²) in [5, 5.41) is 5.88. The maximum Gasteiger partial charge on any atom is 0.289 e. The maximum atomic E-state index is 10.9. The molecule has 6 heteroatoms. The fourth-order valence-corrected chi connectivity index (χ4v) is 3.40. The summed E-state index contributed by atoms with van der Waals surface area (Å²) in [6.45, 7) is 1.73. The van der Waals surface area contributed by atoms with Gasteiger partial charge in [-0.2, -0.15) is 0 Å². The minimum Gasteiger partial charge on any atom is -0.375 e. The summed E-state index contributed by atoms with van der Waals surface area (Å²) in [5.74, 6) is 0.0209. The minimum atomic E-state index is -0.552. The van der Waals surface area contributed by atoms with Crippen molar-refractivity contribution in [2.45, 2.75) is 18.7 Å². The zero-order chi connectivity index (χ0) is 11.8. The molecule has 16 heavy (non-hydrogen) atoms. The number of carbonyl (C=O) groups is 1. The van der Waals surface area contributed by atoms with E-state index >= 15 is 0 Å². The van der Waals surface area contributed by atoms with Crippen LogP contribution in [0.1, 0.15) is 13.3 Å². The Morgan fingerprint density at radius 2 is 2.38 bits per heavy atom. The highest BCUT2D eigenvalue weighted by Crippen LogP contribution is 2.28. The molecule has 1 N–H and O–H groups in total. The molecule has 1 aliphatic heterocycles. The fraction of sp³-hybridized carbons (Fsp3) is 0.500. The number of nitrogens with one attached hydrogen (secondary N) is 1. The Labute approximate surface area is 103 Å². The Kier molecular flexibility index (Phi) is 6.25. The third kappa shape index (κ3) is 4.85. The van der Waals surface area contributed by atoms with Crippen molar-refractivity contribution in [1.82, 2.24) is 5.32 Å². The average molecular weight is 258 g/mol. The molecular weight excluding hydrogens is 244 g/mol. The molecule has 0 aromatic rings. The van der Waals surface area contributed by atoms with E-state index in [0.717, 1.165) is 5.75 Å². The van der Waals surface area contributed by atoms with Crippen molar-refractivity contribution in [2.75, 3.05) is 5.75 Å². The summed E-state index contributed by atoms with van der Waals surface area (Å²) in [6, 6.07) is 0. The predicted molar refractivity (Wildman–Crippen MR) is 69.8 cm³/mol. The van der Waals surface area contributed by atoms with Crippen LogP contribution in [0.4, 0.5) is 0 Å². The van der Waals surface area contributed by atoms with Crippen LogP contribution in [0, 0.1) is 10.8 Å². The Bertz CT molecular complexity index is 301. The summed E-state index contributed by atoms with van der Waals surface area (Å²) in [5.41, 5.74) is 0. The lowest BCUT2D eigenvalue weighted by Gasteiger charge is -2.14. The molecule has 1 rings (SSSR count). The number of hydrogen-bond donors (Lipinski definition) is 1. The van der Waals surface area contributed by atoms with Crippen LogP contribution in [0.3, 0.4) is 0 Å². The number of allylic oxidation sites excluding steroid dienone is 2. The number of dihydropyridines is 1. The second-order valence-electron chi connectivity index (χ2n) is 3.37. The quantitative estimate of drug-likeness (QED) is 0.451. The summed E-state index contributed by atoms with van der Waals surface area (Å²) in [4.78, 5) is 20.9. The molecule has 0 spiro atoms. The van der Waals surface area contributed by atoms with E-state index < -0.39 is 5.91 Å². The third-order valence-electron chi connectivity index (χ3n) is 2.07. The van der Waals surface area contributed by atoms with Crippen LogP contribution >= 0.6 is 21.6 Å². The maximum absolute atomic E-state index is 10.9. The van der Waals surface area contributed by atoms with E-state index in [1.54, 1.807) is 28.5 Å². The van der Waals surface area contributed by atoms with Crippen molar-refractivity contribution >= 4 is 27.5 Å². The molecule has 1 amide bonds. The third-order valence-corrected chi connectivity index (χ3v) is 4.64. The molecule has 4 nitrogen and oxygen atoms in total. The first-order valence-corrected chi connectivity index (χ1v) is 7.37. The van der Waals surface area contributed by atoms with Crippen molar-refractivity contribution < 1.29 is 4.79 Å². The molecule has 2 unspecified atom stereocenters. The first-order valence-electron chi connectivity index (χ1n) is 4.99. The standard InChI is InChI=1S/C10H14N2O2S2/c1-8(10(13)12-14)5-7-15-16-9-4-2-3-6-11-9/h2-4,6,8-9,11H,5,7H2,1H3. The first-order chi connectivity index (χ1) is 7.74. The predicted octanol–water partition coefficient (Wildman–Crippen LogP) is 2.69. The van der Waals surface area contributed by atoms with Gasteiger partial charge < -0.3 is 5.32 Å². The molecule has 0 aromatic heterocycles. The van der Waals surface area contributed by atoms with Gasteiger partial charge in [0.1, 0.15) is 5.37 Å². The Morgan fingerprint density at radius 3 is 3.00 bits per heavy atom. The van der Waals surface area contributed by atoms with Crippen molar-refractivity contribution in [1.29, 1.82) is 0 Å². The number of nitroso groups, excluding NO2 is 1. The van der Waals surface area contributed by atoms with Gasteiger partial charge in [-0.1, -0.05) is 40.7 Å². The van der Waals surface area contributed by atoms with Gasteiger partial charge in [-0.3, -0.25) is 4.79 Å². The van der Waals surface area contributed by atoms with E-state index in [-0.39, 0.29) is 11.3 Å². The number of rotatable bonds is 6. The van der Waals surface area contributed by atoms with Crippen LogP contribution in [0.25, 0.3) is 0 Å². The normalized spacial score (nSPS) is 20.2. The lowest BCUT2D eigenvalue weighted by atomic mass is 10.1. The molecule has 88 valence electrons. The van der Waals surface area contributed by atoms with Crippen LogP contribution in [0.5, 0.6) is 0 Å². The number of carbonyl (C=O) groups excluding carboxylic acids is 1. The molecule has 0 bridgehead atoms. The van der Waals surface area contributed by atoms with E-state index in [2.05, 4.69) is 16.6 Å². The first kappa shape index (κ1) is 13.3. The Morgan fingerprint density at radius 1 is 1.56 bits per heavy atom. The van der Waals surface area contributed by atoms with Crippen LogP contribution in [0.15, 0.2) is 29.6 Å². The molecule has 1 heterocycles. The van der Waals surface area contributed by atoms with Crippen molar-refractivity contribution in [3.63, 3.8) is 0 Å². The van der Waals surface area contributed by atoms with Gasteiger partial charge in [-0.15, -0.1) is 4.91 Å². The summed E-state index contributed by atoms with van der Waals surface area (Å²) in [7, 11) is 3.40. The second-order valence-corrected chi connectivity index (χ2v) is 6.00. The van der Waals surface area contributed by atoms with E-state index in [0.29, 0.717) is 6.42 Å². The van der Waals surface area contributed by atoms with Gasteiger partial charge >= 0.3 is 0 Å². The van der Waals surface area contributed by atoms with E-state index in [4.69, 9.17) is 0 Å². The summed E-state index contributed by atoms with van der Waals surface area (Å²) < 4.78 is 0. The SMILES string of the molecule is CC(CCSSC1C=CC=CN1)C(=O)N=O. The van der Waals surface area contributed by atoms with Gasteiger partial charge in [0.2, 0.25) is 0 Å². The van der Waals surface area contributed by atoms with E-state index in [1.165, 1.54) is 0 Å². The van der Waals surface area contributed by atoms with E-state index in [9.17, 15) is 9.70 Å². The van der Waals surface area contributed by atoms with Crippen molar-refractivity contribution in [2.24, 2.45) is 11.1 Å². The fourth-order valence-electron chi connectivity index (χ4n) is 1.05. The molecule has 0 saturated carbocycles. The lowest BCUT2D eigenvalue weighted by Crippen LogP contribution is -2.18. The number of hydrogen-bond acceptors (Lipinski definition) is 5. The molecule has 0 radical (unpaired) electrons. The smallest absolute Gasteiger partial charge is 0.289 e. The van der Waals surface area contributed by atoms with Gasteiger partial charge in [0.25, 0.3) is 5.91 Å². The van der Waals surface area contributed by atoms with Crippen LogP contribution in [0.2, 0.25) is 0 Å².